The van der Waals surface area contributed by atoms with Crippen LogP contribution < -0.4 is 24.8 Å². The van der Waals surface area contributed by atoms with Crippen LogP contribution in [0.15, 0.2) is 54.6 Å². The molecule has 0 aliphatic carbocycles. The normalized spacial score (nSPS) is 7.42. The molecule has 0 bridgehead atoms. The van der Waals surface area contributed by atoms with Gasteiger partial charge in [-0.2, -0.15) is 35.9 Å². The topological polar surface area (TPSA) is 0 Å². The second-order valence-corrected chi connectivity index (χ2v) is 5.07. The van der Waals surface area contributed by atoms with E-state index in [-0.39, 0.29) is 51.0 Å². The number of rotatable bonds is 1. The molecule has 0 N–H and O–H groups in total. The number of hydrogen-bond donors (Lipinski definition) is 0. The van der Waals surface area contributed by atoms with Crippen molar-refractivity contribution in [3.8, 4) is 0 Å². The summed E-state index contributed by atoms with van der Waals surface area (Å²) >= 11 is 0. The van der Waals surface area contributed by atoms with Crippen molar-refractivity contribution in [1.29, 1.82) is 0 Å². The second kappa shape index (κ2) is 20.7. The molecule has 0 amide bonds. The Labute approximate surface area is 152 Å². The van der Waals surface area contributed by atoms with E-state index in [0.717, 1.165) is 9.52 Å². The third kappa shape index (κ3) is 18.4. The molecule has 0 spiro atoms. The monoisotopic (exact) mass is 391 g/mol. The minimum atomic E-state index is 0. The fourth-order valence-electron chi connectivity index (χ4n) is 1.09. The van der Waals surface area contributed by atoms with Crippen molar-refractivity contribution >= 4 is 9.52 Å². The number of halogens is 2. The Morgan fingerprint density at radius 1 is 0.895 bits per heavy atom. The van der Waals surface area contributed by atoms with Gasteiger partial charge in [0.25, 0.3) is 0 Å². The summed E-state index contributed by atoms with van der Waals surface area (Å²) in [6.45, 7) is 8.82. The van der Waals surface area contributed by atoms with Crippen LogP contribution in [0.5, 0.6) is 0 Å². The van der Waals surface area contributed by atoms with Crippen molar-refractivity contribution in [1.82, 2.24) is 0 Å². The zero-order valence-corrected chi connectivity index (χ0v) is 17.2. The molecule has 105 valence electrons. The van der Waals surface area contributed by atoms with Gasteiger partial charge in [0.1, 0.15) is 0 Å². The molecular formula is C15H23Cl2SiZr. The summed E-state index contributed by atoms with van der Waals surface area (Å²) < 4.78 is 0. The van der Waals surface area contributed by atoms with Gasteiger partial charge < -0.3 is 24.8 Å². The summed E-state index contributed by atoms with van der Waals surface area (Å²) in [5.74, 6) is 0.685. The molecule has 0 saturated heterocycles. The molecule has 0 nitrogen and oxygen atoms in total. The first-order valence-electron chi connectivity index (χ1n) is 5.84. The quantitative estimate of drug-likeness (QED) is 0.407. The first-order chi connectivity index (χ1) is 7.72. The molecule has 0 aliphatic heterocycles. The molecule has 19 heavy (non-hydrogen) atoms. The summed E-state index contributed by atoms with van der Waals surface area (Å²) in [5.41, 5.74) is 1.44. The largest absolute Gasteiger partial charge is 4.00 e. The first-order valence-corrected chi connectivity index (χ1v) is 8.15. The van der Waals surface area contributed by atoms with Crippen molar-refractivity contribution in [2.75, 3.05) is 0 Å². The summed E-state index contributed by atoms with van der Waals surface area (Å²) in [5, 5.41) is 0. The van der Waals surface area contributed by atoms with Gasteiger partial charge in [-0.1, -0.05) is 32.9 Å². The third-order valence-electron chi connectivity index (χ3n) is 1.91. The Balaban J connectivity index is -0.0000000907. The maximum Gasteiger partial charge on any atom is 4.00 e. The van der Waals surface area contributed by atoms with Gasteiger partial charge in [-0.25, -0.2) is 24.3 Å². The Kier molecular flexibility index (Phi) is 30.1. The molecule has 0 atom stereocenters. The van der Waals surface area contributed by atoms with E-state index in [2.05, 4.69) is 51.2 Å². The Hall–Kier alpha value is 0.380. The van der Waals surface area contributed by atoms with E-state index >= 15 is 0 Å². The second-order valence-electron chi connectivity index (χ2n) is 3.91. The summed E-state index contributed by atoms with van der Waals surface area (Å²) in [6.07, 6.45) is 0. The average molecular weight is 394 g/mol. The van der Waals surface area contributed by atoms with E-state index in [9.17, 15) is 0 Å². The van der Waals surface area contributed by atoms with E-state index in [1.54, 1.807) is 0 Å². The Morgan fingerprint density at radius 3 is 1.42 bits per heavy atom. The van der Waals surface area contributed by atoms with Gasteiger partial charge >= 0.3 is 26.2 Å². The molecule has 4 heteroatoms. The van der Waals surface area contributed by atoms with Crippen LogP contribution >= 0.6 is 0 Å². The van der Waals surface area contributed by atoms with Crippen LogP contribution in [0.2, 0.25) is 13.1 Å². The van der Waals surface area contributed by atoms with Gasteiger partial charge in [0.15, 0.2) is 0 Å². The minimum absolute atomic E-state index is 0. The SMILES string of the molecule is CC(C)[c-]1cccc1.C[SiH]C.[Cl-].[Cl-].[Zr+4].c1cc[cH-]c1. The predicted molar refractivity (Wildman–Crippen MR) is 77.0 cm³/mol. The Bertz CT molecular complexity index is 288. The number of hydrogen-bond acceptors (Lipinski definition) is 0. The van der Waals surface area contributed by atoms with Crippen molar-refractivity contribution in [3.05, 3.63) is 60.2 Å². The van der Waals surface area contributed by atoms with E-state index < -0.39 is 0 Å². The van der Waals surface area contributed by atoms with Crippen LogP contribution in [0.4, 0.5) is 0 Å². The van der Waals surface area contributed by atoms with E-state index in [4.69, 9.17) is 0 Å². The standard InChI is InChI=1S/C8H11.C5H5.C2H7Si.2ClH.Zr/c1-7(2)8-5-3-4-6-8;1-2-4-5-3-1;1-3-2;;;/h3-7H,1-2H3;1-5H;3H,1-2H3;2*1H;/q2*-1;;;;+4/p-2. The molecule has 0 aliphatic rings. The fourth-order valence-corrected chi connectivity index (χ4v) is 1.09. The van der Waals surface area contributed by atoms with Crippen LogP contribution in [0.25, 0.3) is 0 Å². The van der Waals surface area contributed by atoms with E-state index in [0.29, 0.717) is 5.92 Å². The third-order valence-corrected chi connectivity index (χ3v) is 1.91. The van der Waals surface area contributed by atoms with Gasteiger partial charge in [0.2, 0.25) is 0 Å². The van der Waals surface area contributed by atoms with Crippen LogP contribution in [0.3, 0.4) is 0 Å². The van der Waals surface area contributed by atoms with E-state index in [1.165, 1.54) is 5.56 Å². The van der Waals surface area contributed by atoms with Crippen molar-refractivity contribution in [2.45, 2.75) is 32.9 Å². The van der Waals surface area contributed by atoms with Crippen LogP contribution in [0.1, 0.15) is 25.3 Å². The summed E-state index contributed by atoms with van der Waals surface area (Å²) in [4.78, 5) is 0. The van der Waals surface area contributed by atoms with Gasteiger partial charge in [0, 0.05) is 9.52 Å². The average Bonchev–Trinajstić information content (AvgIpc) is 2.96. The maximum atomic E-state index is 2.21. The van der Waals surface area contributed by atoms with Crippen molar-refractivity contribution in [2.24, 2.45) is 0 Å². The molecule has 0 saturated carbocycles. The Morgan fingerprint density at radius 2 is 1.26 bits per heavy atom. The predicted octanol–water partition coefficient (Wildman–Crippen LogP) is -1.54. The van der Waals surface area contributed by atoms with Crippen LogP contribution in [-0.2, 0) is 26.2 Å². The summed E-state index contributed by atoms with van der Waals surface area (Å²) in [6, 6.07) is 18.5. The maximum absolute atomic E-state index is 2.21. The molecule has 2 aromatic rings. The molecule has 0 fully saturated rings. The molecule has 0 aromatic heterocycles. The zero-order valence-electron chi connectivity index (χ0n) is 12.1. The summed E-state index contributed by atoms with van der Waals surface area (Å²) in [7, 11) is 0.750. The first kappa shape index (κ1) is 27.7. The molecule has 2 rings (SSSR count). The van der Waals surface area contributed by atoms with Crippen LogP contribution in [-0.4, -0.2) is 9.52 Å². The molecule has 0 unspecified atom stereocenters. The van der Waals surface area contributed by atoms with Crippen LogP contribution in [0, 0.1) is 0 Å². The van der Waals surface area contributed by atoms with Gasteiger partial charge in [-0.05, 0) is 0 Å². The molecule has 2 aromatic carbocycles. The van der Waals surface area contributed by atoms with Gasteiger partial charge in [-0.3, -0.25) is 0 Å². The van der Waals surface area contributed by atoms with Gasteiger partial charge in [0.05, 0.1) is 0 Å². The minimum Gasteiger partial charge on any atom is -1.00 e. The van der Waals surface area contributed by atoms with Crippen molar-refractivity contribution < 1.29 is 51.0 Å². The zero-order chi connectivity index (χ0) is 12.2. The van der Waals surface area contributed by atoms with E-state index in [1.807, 2.05) is 30.3 Å². The fraction of sp³-hybridized carbons (Fsp3) is 0.333. The smallest absolute Gasteiger partial charge is 1.00 e. The molecule has 0 heterocycles. The molecule has 1 radical (unpaired) electrons. The molecular weight excluding hydrogens is 370 g/mol. The van der Waals surface area contributed by atoms with Crippen molar-refractivity contribution in [3.63, 3.8) is 0 Å². The van der Waals surface area contributed by atoms with Gasteiger partial charge in [-0.15, -0.1) is 0 Å².